The number of H-pyrrole nitrogens is 1. The summed E-state index contributed by atoms with van der Waals surface area (Å²) >= 11 is 0. The molecule has 2 heterocycles. The van der Waals surface area contributed by atoms with Gasteiger partial charge in [0.25, 0.3) is 5.56 Å². The van der Waals surface area contributed by atoms with Gasteiger partial charge in [-0.1, -0.05) is 49.1 Å². The molecule has 1 fully saturated rings. The second-order valence-electron chi connectivity index (χ2n) is 8.06. The Labute approximate surface area is 165 Å². The van der Waals surface area contributed by atoms with Gasteiger partial charge in [-0.3, -0.25) is 4.79 Å². The van der Waals surface area contributed by atoms with Crippen LogP contribution in [0.5, 0.6) is 0 Å². The molecule has 1 aromatic heterocycles. The topological polar surface area (TPSA) is 78.1 Å². The molecule has 2 aliphatic rings. The smallest absolute Gasteiger partial charge is 0.317 e. The first-order valence-electron chi connectivity index (χ1n) is 10.3. The highest BCUT2D eigenvalue weighted by Crippen LogP contribution is 2.19. The standard InChI is InChI=1S/C22H28N4O2/c1-15-6-5-7-16(12-15)13-20-24-19-10-11-26(14-18(19)21(27)25-20)22(28)23-17-8-3-2-4-9-17/h5-7,12,17H,2-4,8-11,13-14H2,1H3,(H,23,28)(H,24,25,27). The fourth-order valence-electron chi connectivity index (χ4n) is 4.26. The lowest BCUT2D eigenvalue weighted by Gasteiger charge is -2.31. The van der Waals surface area contributed by atoms with Gasteiger partial charge in [0.2, 0.25) is 0 Å². The first-order chi connectivity index (χ1) is 13.6. The fourth-order valence-corrected chi connectivity index (χ4v) is 4.26. The highest BCUT2D eigenvalue weighted by molar-refractivity contribution is 5.74. The van der Waals surface area contributed by atoms with Crippen LogP contribution in [-0.2, 0) is 19.4 Å². The molecule has 1 saturated carbocycles. The van der Waals surface area contributed by atoms with Gasteiger partial charge in [-0.2, -0.15) is 0 Å². The maximum atomic E-state index is 12.6. The quantitative estimate of drug-likeness (QED) is 0.859. The number of hydrogen-bond donors (Lipinski definition) is 2. The molecular formula is C22H28N4O2. The molecule has 4 rings (SSSR count). The minimum atomic E-state index is -0.122. The monoisotopic (exact) mass is 380 g/mol. The normalized spacial score (nSPS) is 17.2. The van der Waals surface area contributed by atoms with Gasteiger partial charge in [0, 0.05) is 25.4 Å². The molecule has 0 spiro atoms. The van der Waals surface area contributed by atoms with Crippen molar-refractivity contribution < 1.29 is 4.79 Å². The molecule has 2 aromatic rings. The molecule has 1 aromatic carbocycles. The molecule has 0 bridgehead atoms. The van der Waals surface area contributed by atoms with Gasteiger partial charge in [-0.05, 0) is 25.3 Å². The SMILES string of the molecule is Cc1cccc(Cc2nc3c(c(=O)[nH]2)CN(C(=O)NC2CCCCC2)CC3)c1. The van der Waals surface area contributed by atoms with Gasteiger partial charge >= 0.3 is 6.03 Å². The van der Waals surface area contributed by atoms with Gasteiger partial charge in [-0.25, -0.2) is 9.78 Å². The molecule has 1 aliphatic heterocycles. The number of carbonyl (C=O) groups excluding carboxylic acids is 1. The van der Waals surface area contributed by atoms with E-state index in [9.17, 15) is 9.59 Å². The Balaban J connectivity index is 1.45. The van der Waals surface area contributed by atoms with Gasteiger partial charge in [0.15, 0.2) is 0 Å². The average molecular weight is 380 g/mol. The van der Waals surface area contributed by atoms with Gasteiger partial charge in [0.1, 0.15) is 5.82 Å². The Kier molecular flexibility index (Phi) is 5.46. The molecule has 2 amide bonds. The van der Waals surface area contributed by atoms with E-state index in [1.54, 1.807) is 4.90 Å². The largest absolute Gasteiger partial charge is 0.335 e. The Hall–Kier alpha value is -2.63. The lowest BCUT2D eigenvalue weighted by molar-refractivity contribution is 0.184. The number of rotatable bonds is 3. The molecule has 0 radical (unpaired) electrons. The van der Waals surface area contributed by atoms with Gasteiger partial charge < -0.3 is 15.2 Å². The molecular weight excluding hydrogens is 352 g/mol. The van der Waals surface area contributed by atoms with E-state index < -0.39 is 0 Å². The Bertz CT molecular complexity index is 915. The highest BCUT2D eigenvalue weighted by atomic mass is 16.2. The van der Waals surface area contributed by atoms with Crippen LogP contribution in [0.1, 0.15) is 60.3 Å². The maximum absolute atomic E-state index is 12.6. The van der Waals surface area contributed by atoms with Crippen LogP contribution in [-0.4, -0.2) is 33.5 Å². The number of aromatic amines is 1. The third-order valence-corrected chi connectivity index (χ3v) is 5.79. The van der Waals surface area contributed by atoms with E-state index in [1.807, 2.05) is 12.1 Å². The number of hydrogen-bond acceptors (Lipinski definition) is 3. The summed E-state index contributed by atoms with van der Waals surface area (Å²) in [6.45, 7) is 2.99. The van der Waals surface area contributed by atoms with Crippen molar-refractivity contribution in [3.8, 4) is 0 Å². The second kappa shape index (κ2) is 8.17. The average Bonchev–Trinajstić information content (AvgIpc) is 2.68. The molecule has 0 unspecified atom stereocenters. The van der Waals surface area contributed by atoms with Crippen molar-refractivity contribution in [1.82, 2.24) is 20.2 Å². The lowest BCUT2D eigenvalue weighted by atomic mass is 9.96. The summed E-state index contributed by atoms with van der Waals surface area (Å²) in [4.78, 5) is 34.6. The van der Waals surface area contributed by atoms with Crippen molar-refractivity contribution in [1.29, 1.82) is 0 Å². The van der Waals surface area contributed by atoms with Crippen LogP contribution in [0.4, 0.5) is 4.79 Å². The zero-order chi connectivity index (χ0) is 19.5. The van der Waals surface area contributed by atoms with E-state index in [2.05, 4.69) is 29.4 Å². The van der Waals surface area contributed by atoms with Crippen LogP contribution in [0.2, 0.25) is 0 Å². The number of aryl methyl sites for hydroxylation is 1. The number of nitrogens with zero attached hydrogens (tertiary/aromatic N) is 2. The number of urea groups is 1. The van der Waals surface area contributed by atoms with E-state index in [-0.39, 0.29) is 17.6 Å². The van der Waals surface area contributed by atoms with Crippen LogP contribution in [0, 0.1) is 6.92 Å². The second-order valence-corrected chi connectivity index (χ2v) is 8.06. The Morgan fingerprint density at radius 1 is 1.29 bits per heavy atom. The number of carbonyl (C=O) groups is 1. The molecule has 6 heteroatoms. The van der Waals surface area contributed by atoms with Crippen LogP contribution in [0.3, 0.4) is 0 Å². The summed E-state index contributed by atoms with van der Waals surface area (Å²) < 4.78 is 0. The van der Waals surface area contributed by atoms with E-state index in [4.69, 9.17) is 4.98 Å². The highest BCUT2D eigenvalue weighted by Gasteiger charge is 2.26. The zero-order valence-electron chi connectivity index (χ0n) is 16.5. The van der Waals surface area contributed by atoms with Crippen LogP contribution < -0.4 is 10.9 Å². The molecule has 0 atom stereocenters. The molecule has 2 N–H and O–H groups in total. The Morgan fingerprint density at radius 3 is 2.89 bits per heavy atom. The van der Waals surface area contributed by atoms with E-state index in [0.717, 1.165) is 24.1 Å². The van der Waals surface area contributed by atoms with E-state index in [1.165, 1.54) is 24.8 Å². The van der Waals surface area contributed by atoms with Crippen LogP contribution >= 0.6 is 0 Å². The zero-order valence-corrected chi connectivity index (χ0v) is 16.5. The number of amides is 2. The number of fused-ring (bicyclic) bond motifs is 1. The molecule has 1 aliphatic carbocycles. The fraction of sp³-hybridized carbons (Fsp3) is 0.500. The third kappa shape index (κ3) is 4.26. The molecule has 28 heavy (non-hydrogen) atoms. The Morgan fingerprint density at radius 2 is 2.11 bits per heavy atom. The third-order valence-electron chi connectivity index (χ3n) is 5.79. The summed E-state index contributed by atoms with van der Waals surface area (Å²) in [6, 6.07) is 8.45. The minimum absolute atomic E-state index is 0.0548. The summed E-state index contributed by atoms with van der Waals surface area (Å²) in [5.41, 5.74) is 3.65. The van der Waals surface area contributed by atoms with Crippen molar-refractivity contribution >= 4 is 6.03 Å². The van der Waals surface area contributed by atoms with Crippen molar-refractivity contribution in [3.63, 3.8) is 0 Å². The van der Waals surface area contributed by atoms with Crippen LogP contribution in [0.15, 0.2) is 29.1 Å². The van der Waals surface area contributed by atoms with Gasteiger partial charge in [-0.15, -0.1) is 0 Å². The predicted molar refractivity (Wildman–Crippen MR) is 108 cm³/mol. The minimum Gasteiger partial charge on any atom is -0.335 e. The molecule has 148 valence electrons. The van der Waals surface area contributed by atoms with Crippen molar-refractivity contribution in [2.24, 2.45) is 0 Å². The van der Waals surface area contributed by atoms with Crippen LogP contribution in [0.25, 0.3) is 0 Å². The number of aromatic nitrogens is 2. The van der Waals surface area contributed by atoms with E-state index >= 15 is 0 Å². The summed E-state index contributed by atoms with van der Waals surface area (Å²) in [6.07, 6.45) is 6.97. The van der Waals surface area contributed by atoms with E-state index in [0.29, 0.717) is 37.3 Å². The first-order valence-corrected chi connectivity index (χ1v) is 10.3. The summed E-state index contributed by atoms with van der Waals surface area (Å²) in [7, 11) is 0. The summed E-state index contributed by atoms with van der Waals surface area (Å²) in [5.74, 6) is 0.689. The summed E-state index contributed by atoms with van der Waals surface area (Å²) in [5, 5.41) is 3.14. The van der Waals surface area contributed by atoms with Crippen molar-refractivity contribution in [2.45, 2.75) is 64.5 Å². The molecule has 0 saturated heterocycles. The number of nitrogens with one attached hydrogen (secondary N) is 2. The number of benzene rings is 1. The first kappa shape index (κ1) is 18.7. The molecule has 6 nitrogen and oxygen atoms in total. The predicted octanol–water partition coefficient (Wildman–Crippen LogP) is 3.07. The van der Waals surface area contributed by atoms with Crippen molar-refractivity contribution in [3.05, 3.63) is 62.8 Å². The maximum Gasteiger partial charge on any atom is 0.317 e. The lowest BCUT2D eigenvalue weighted by Crippen LogP contribution is -2.48. The van der Waals surface area contributed by atoms with Crippen molar-refractivity contribution in [2.75, 3.05) is 6.54 Å². The van der Waals surface area contributed by atoms with Gasteiger partial charge in [0.05, 0.1) is 17.8 Å².